The van der Waals surface area contributed by atoms with Crippen LogP contribution in [0.15, 0.2) is 29.2 Å². The fourth-order valence-electron chi connectivity index (χ4n) is 3.06. The molecule has 7 nitrogen and oxygen atoms in total. The van der Waals surface area contributed by atoms with Crippen LogP contribution < -0.4 is 10.9 Å². The number of halogens is 6. The number of nitrogens with zero attached hydrogens (tertiary/aromatic N) is 4. The monoisotopic (exact) mass is 473 g/mol. The highest BCUT2D eigenvalue weighted by molar-refractivity contribution is 5.77. The van der Waals surface area contributed by atoms with Crippen LogP contribution in [-0.4, -0.2) is 32.2 Å². The van der Waals surface area contributed by atoms with Crippen molar-refractivity contribution in [2.45, 2.75) is 56.5 Å². The molecule has 2 aromatic heterocycles. The summed E-state index contributed by atoms with van der Waals surface area (Å²) < 4.78 is 76.8. The Morgan fingerprint density at radius 2 is 1.91 bits per heavy atom. The van der Waals surface area contributed by atoms with E-state index in [0.717, 1.165) is 22.9 Å². The number of rotatable bonds is 7. The maximum absolute atomic E-state index is 12.7. The molecule has 0 saturated heterocycles. The zero-order chi connectivity index (χ0) is 24.4. The van der Waals surface area contributed by atoms with Crippen LogP contribution in [0.2, 0.25) is 0 Å². The van der Waals surface area contributed by atoms with Gasteiger partial charge in [-0.15, -0.1) is 0 Å². The lowest BCUT2D eigenvalue weighted by Crippen LogP contribution is -2.40. The molecule has 3 rings (SSSR count). The molecule has 0 aromatic carbocycles. The average Bonchev–Trinajstić information content (AvgIpc) is 3.48. The number of aryl methyl sites for hydroxylation is 1. The molecule has 1 fully saturated rings. The summed E-state index contributed by atoms with van der Waals surface area (Å²) in [6.45, 7) is -0.567. The number of carbonyl (C=O) groups excluding carboxylic acids is 1. The van der Waals surface area contributed by atoms with E-state index in [9.17, 15) is 35.9 Å². The number of nitrogens with one attached hydrogen (secondary N) is 1. The van der Waals surface area contributed by atoms with Crippen LogP contribution >= 0.6 is 0 Å². The van der Waals surface area contributed by atoms with Crippen LogP contribution in [0, 0.1) is 11.3 Å². The van der Waals surface area contributed by atoms with Gasteiger partial charge in [0.1, 0.15) is 23.6 Å². The predicted octanol–water partition coefficient (Wildman–Crippen LogP) is 3.38. The van der Waals surface area contributed by atoms with Crippen LogP contribution in [0.3, 0.4) is 0 Å². The lowest BCUT2D eigenvalue weighted by atomic mass is 10.1. The van der Waals surface area contributed by atoms with Gasteiger partial charge in [0, 0.05) is 30.7 Å². The number of aromatic nitrogens is 3. The number of nitriles is 1. The molecule has 33 heavy (non-hydrogen) atoms. The van der Waals surface area contributed by atoms with Crippen LogP contribution in [0.25, 0.3) is 11.3 Å². The third-order valence-corrected chi connectivity index (χ3v) is 4.94. The first-order valence-corrected chi connectivity index (χ1v) is 9.75. The van der Waals surface area contributed by atoms with Gasteiger partial charge in [-0.1, -0.05) is 0 Å². The number of amides is 1. The molecule has 13 heteroatoms. The van der Waals surface area contributed by atoms with Gasteiger partial charge in [0.25, 0.3) is 5.56 Å². The van der Waals surface area contributed by atoms with Crippen LogP contribution in [0.4, 0.5) is 26.3 Å². The van der Waals surface area contributed by atoms with E-state index in [1.165, 1.54) is 0 Å². The summed E-state index contributed by atoms with van der Waals surface area (Å²) in [7, 11) is 0. The maximum Gasteiger partial charge on any atom is 0.433 e. The number of hydrogen-bond acceptors (Lipinski definition) is 5. The fourth-order valence-corrected chi connectivity index (χ4v) is 3.06. The Balaban J connectivity index is 1.90. The van der Waals surface area contributed by atoms with Crippen molar-refractivity contribution < 1.29 is 31.1 Å². The van der Waals surface area contributed by atoms with E-state index >= 15 is 0 Å². The fraction of sp³-hybridized carbons (Fsp3) is 0.450. The Morgan fingerprint density at radius 1 is 1.21 bits per heavy atom. The predicted molar refractivity (Wildman–Crippen MR) is 101 cm³/mol. The lowest BCUT2D eigenvalue weighted by Gasteiger charge is -2.15. The highest BCUT2D eigenvalue weighted by Gasteiger charge is 2.44. The molecule has 1 N–H and O–H groups in total. The number of alkyl halides is 6. The largest absolute Gasteiger partial charge is 0.433 e. The minimum atomic E-state index is -4.67. The first kappa shape index (κ1) is 24.2. The second-order valence-electron chi connectivity index (χ2n) is 7.62. The highest BCUT2D eigenvalue weighted by Crippen LogP contribution is 2.34. The molecule has 2 aromatic rings. The Morgan fingerprint density at radius 3 is 2.42 bits per heavy atom. The van der Waals surface area contributed by atoms with Crippen LogP contribution in [-0.2, 0) is 23.9 Å². The van der Waals surface area contributed by atoms with Crippen molar-refractivity contribution >= 4 is 5.91 Å². The standard InChI is InChI=1S/C20H17F6N5O2/c21-19(22,23)5-1-2-15-29-13(12-3-4-14(28-9-12)20(24,25)26)8-17(33)31(15)10-16(32)30-18(11-27)6-7-18/h3-4,8-9H,1-2,5-7,10H2,(H,30,32). The molecule has 0 unspecified atom stereocenters. The normalized spacial score (nSPS) is 15.1. The maximum atomic E-state index is 12.7. The second-order valence-corrected chi connectivity index (χ2v) is 7.62. The van der Waals surface area contributed by atoms with Crippen molar-refractivity contribution in [2.75, 3.05) is 0 Å². The second kappa shape index (κ2) is 8.84. The molecule has 0 atom stereocenters. The minimum Gasteiger partial charge on any atom is -0.336 e. The Kier molecular flexibility index (Phi) is 6.49. The van der Waals surface area contributed by atoms with E-state index in [1.54, 1.807) is 0 Å². The molecular weight excluding hydrogens is 456 g/mol. The molecule has 0 aliphatic heterocycles. The third-order valence-electron chi connectivity index (χ3n) is 4.94. The summed E-state index contributed by atoms with van der Waals surface area (Å²) in [4.78, 5) is 32.4. The van der Waals surface area contributed by atoms with E-state index in [2.05, 4.69) is 15.3 Å². The van der Waals surface area contributed by atoms with E-state index in [1.807, 2.05) is 6.07 Å². The third kappa shape index (κ3) is 6.30. The Hall–Kier alpha value is -3.43. The molecule has 0 radical (unpaired) electrons. The lowest BCUT2D eigenvalue weighted by molar-refractivity contribution is -0.141. The van der Waals surface area contributed by atoms with Gasteiger partial charge in [0.2, 0.25) is 5.91 Å². The molecule has 1 aliphatic rings. The topological polar surface area (TPSA) is 101 Å². The minimum absolute atomic E-state index is 0.0511. The molecule has 1 aliphatic carbocycles. The smallest absolute Gasteiger partial charge is 0.336 e. The van der Waals surface area contributed by atoms with E-state index in [-0.39, 0.29) is 23.5 Å². The first-order valence-electron chi connectivity index (χ1n) is 9.75. The van der Waals surface area contributed by atoms with Gasteiger partial charge in [0.15, 0.2) is 0 Å². The Labute approximate surface area is 183 Å². The molecule has 2 heterocycles. The number of pyridine rings is 1. The summed E-state index contributed by atoms with van der Waals surface area (Å²) in [6.07, 6.45) is -9.26. The van der Waals surface area contributed by atoms with Crippen molar-refractivity contribution in [2.24, 2.45) is 0 Å². The summed E-state index contributed by atoms with van der Waals surface area (Å²) in [6, 6.07) is 4.64. The van der Waals surface area contributed by atoms with Gasteiger partial charge in [0.05, 0.1) is 11.8 Å². The van der Waals surface area contributed by atoms with Crippen molar-refractivity contribution in [1.82, 2.24) is 19.9 Å². The summed E-state index contributed by atoms with van der Waals surface area (Å²) in [5, 5.41) is 11.6. The zero-order valence-corrected chi connectivity index (χ0v) is 16.9. The van der Waals surface area contributed by atoms with E-state index < -0.39 is 54.4 Å². The van der Waals surface area contributed by atoms with Gasteiger partial charge < -0.3 is 5.32 Å². The van der Waals surface area contributed by atoms with Crippen LogP contribution in [0.1, 0.15) is 37.2 Å². The average molecular weight is 473 g/mol. The zero-order valence-electron chi connectivity index (χ0n) is 16.9. The molecule has 1 amide bonds. The van der Waals surface area contributed by atoms with Crippen molar-refractivity contribution in [3.05, 3.63) is 46.3 Å². The SMILES string of the molecule is N#CC1(NC(=O)Cn2c(CCCC(F)(F)F)nc(-c3ccc(C(F)(F)F)nc3)cc2=O)CC1. The van der Waals surface area contributed by atoms with Crippen molar-refractivity contribution in [3.8, 4) is 17.3 Å². The summed E-state index contributed by atoms with van der Waals surface area (Å²) >= 11 is 0. The summed E-state index contributed by atoms with van der Waals surface area (Å²) in [5.74, 6) is -0.822. The first-order chi connectivity index (χ1) is 15.3. The van der Waals surface area contributed by atoms with Gasteiger partial charge >= 0.3 is 12.4 Å². The molecule has 1 saturated carbocycles. The molecule has 0 bridgehead atoms. The molecular formula is C20H17F6N5O2. The van der Waals surface area contributed by atoms with Gasteiger partial charge in [-0.05, 0) is 31.4 Å². The van der Waals surface area contributed by atoms with Crippen molar-refractivity contribution in [3.63, 3.8) is 0 Å². The molecule has 0 spiro atoms. The summed E-state index contributed by atoms with van der Waals surface area (Å²) in [5.41, 5.74) is -2.98. The molecule has 176 valence electrons. The quantitative estimate of drug-likeness (QED) is 0.622. The van der Waals surface area contributed by atoms with Crippen molar-refractivity contribution in [1.29, 1.82) is 5.26 Å². The number of carbonyl (C=O) groups is 1. The van der Waals surface area contributed by atoms with E-state index in [4.69, 9.17) is 5.26 Å². The van der Waals surface area contributed by atoms with Gasteiger partial charge in [-0.3, -0.25) is 19.1 Å². The van der Waals surface area contributed by atoms with Crippen LogP contribution in [0.5, 0.6) is 0 Å². The number of hydrogen-bond donors (Lipinski definition) is 1. The van der Waals surface area contributed by atoms with Gasteiger partial charge in [-0.25, -0.2) is 4.98 Å². The Bertz CT molecular complexity index is 1130. The van der Waals surface area contributed by atoms with E-state index in [0.29, 0.717) is 18.9 Å². The highest BCUT2D eigenvalue weighted by atomic mass is 19.4. The van der Waals surface area contributed by atoms with Gasteiger partial charge in [-0.2, -0.15) is 31.6 Å².